The van der Waals surface area contributed by atoms with Crippen LogP contribution in [0.25, 0.3) is 0 Å². The Morgan fingerprint density at radius 3 is 1.79 bits per heavy atom. The molecule has 1 aliphatic carbocycles. The summed E-state index contributed by atoms with van der Waals surface area (Å²) in [5, 5.41) is 37.1. The molecule has 1 saturated carbocycles. The minimum atomic E-state index is -1.93. The molecule has 0 bridgehead atoms. The van der Waals surface area contributed by atoms with Crippen LogP contribution < -0.4 is 14.4 Å². The number of nitrogens with zero attached hydrogens (tertiary/aromatic N) is 5. The summed E-state index contributed by atoms with van der Waals surface area (Å²) in [5.41, 5.74) is -6.17. The number of nitro benzene ring substituents is 3. The van der Waals surface area contributed by atoms with Gasteiger partial charge in [0.25, 0.3) is 5.69 Å². The zero-order chi connectivity index (χ0) is 54.2. The Bertz CT molecular complexity index is 2610. The van der Waals surface area contributed by atoms with Crippen molar-refractivity contribution in [1.82, 2.24) is 4.90 Å². The average Bonchev–Trinajstić information content (AvgIpc) is 3.60. The normalized spacial score (nSPS) is 32.3. The number of carbonyl (C=O) groups is 3. The number of halogens is 3. The molecular formula is C50H62F3N5O15. The molecule has 23 heteroatoms. The Balaban J connectivity index is 1.57. The van der Waals surface area contributed by atoms with Crippen molar-refractivity contribution in [2.24, 2.45) is 29.6 Å². The zero-order valence-corrected chi connectivity index (χ0v) is 42.4. The van der Waals surface area contributed by atoms with Gasteiger partial charge in [-0.1, -0.05) is 34.6 Å². The molecule has 3 aromatic rings. The lowest BCUT2D eigenvalue weighted by molar-refractivity contribution is -0.386. The van der Waals surface area contributed by atoms with E-state index in [0.717, 1.165) is 47.4 Å². The number of methoxy groups -OCH3 is 1. The summed E-state index contributed by atoms with van der Waals surface area (Å²) in [6.45, 7) is 12.8. The van der Waals surface area contributed by atoms with Crippen molar-refractivity contribution in [3.05, 3.63) is 102 Å². The molecule has 0 spiro atoms. The van der Waals surface area contributed by atoms with E-state index in [1.807, 2.05) is 11.8 Å². The predicted molar refractivity (Wildman–Crippen MR) is 256 cm³/mol. The van der Waals surface area contributed by atoms with Crippen molar-refractivity contribution >= 4 is 40.6 Å². The molecule has 2 saturated heterocycles. The number of rotatable bonds is 13. The van der Waals surface area contributed by atoms with Gasteiger partial charge in [-0.25, -0.2) is 18.0 Å². The third kappa shape index (κ3) is 11.2. The molecule has 0 radical (unpaired) electrons. The van der Waals surface area contributed by atoms with Crippen LogP contribution in [-0.2, 0) is 28.5 Å². The van der Waals surface area contributed by atoms with E-state index in [0.29, 0.717) is 18.6 Å². The summed E-state index contributed by atoms with van der Waals surface area (Å²) in [7, 11) is 4.93. The lowest BCUT2D eigenvalue weighted by atomic mass is 9.72. The molecule has 3 fully saturated rings. The highest BCUT2D eigenvalue weighted by Crippen LogP contribution is 2.48. The van der Waals surface area contributed by atoms with E-state index in [2.05, 4.69) is 0 Å². The lowest BCUT2D eigenvalue weighted by Crippen LogP contribution is -2.61. The zero-order valence-electron chi connectivity index (χ0n) is 42.4. The van der Waals surface area contributed by atoms with Gasteiger partial charge in [-0.15, -0.1) is 0 Å². The van der Waals surface area contributed by atoms with Crippen molar-refractivity contribution in [2.45, 2.75) is 135 Å². The van der Waals surface area contributed by atoms with E-state index in [4.69, 9.17) is 28.4 Å². The number of likely N-dealkylation sites (N-methyl/N-ethyl adjacent to an activating group) is 1. The minimum Gasteiger partial charge on any atom is -0.482 e. The van der Waals surface area contributed by atoms with Crippen LogP contribution in [0.4, 0.5) is 40.7 Å². The molecule has 73 heavy (non-hydrogen) atoms. The van der Waals surface area contributed by atoms with Crippen molar-refractivity contribution in [3.63, 3.8) is 0 Å². The molecule has 0 unspecified atom stereocenters. The first kappa shape index (κ1) is 55.8. The predicted octanol–water partition coefficient (Wildman–Crippen LogP) is 9.17. The number of ketones is 1. The molecule has 1 amide bonds. The lowest BCUT2D eigenvalue weighted by Gasteiger charge is -2.49. The maximum Gasteiger partial charge on any atom is 0.415 e. The first-order chi connectivity index (χ1) is 34.2. The number of amides is 1. The fourth-order valence-corrected chi connectivity index (χ4v) is 11.2. The maximum atomic E-state index is 15.2. The van der Waals surface area contributed by atoms with Gasteiger partial charge in [0.15, 0.2) is 17.1 Å². The number of ether oxygens (including phenoxy) is 6. The van der Waals surface area contributed by atoms with E-state index in [-0.39, 0.29) is 30.9 Å². The summed E-state index contributed by atoms with van der Waals surface area (Å²) in [4.78, 5) is 81.7. The number of benzene rings is 3. The number of hydrogen-bond acceptors (Lipinski definition) is 16. The summed E-state index contributed by atoms with van der Waals surface area (Å²) >= 11 is 0. The Morgan fingerprint density at radius 2 is 1.29 bits per heavy atom. The summed E-state index contributed by atoms with van der Waals surface area (Å²) < 4.78 is 82.7. The van der Waals surface area contributed by atoms with Crippen LogP contribution >= 0.6 is 0 Å². The van der Waals surface area contributed by atoms with Gasteiger partial charge in [0, 0.05) is 30.9 Å². The first-order valence-electron chi connectivity index (χ1n) is 24.0. The number of esters is 1. The molecular weight excluding hydrogens is 968 g/mol. The first-order valence-corrected chi connectivity index (χ1v) is 24.0. The largest absolute Gasteiger partial charge is 0.482 e. The van der Waals surface area contributed by atoms with Crippen molar-refractivity contribution < 1.29 is 70.7 Å². The minimum absolute atomic E-state index is 0.0624. The van der Waals surface area contributed by atoms with Gasteiger partial charge in [-0.3, -0.25) is 44.8 Å². The Morgan fingerprint density at radius 1 is 0.767 bits per heavy atom. The molecule has 6 rings (SSSR count). The molecule has 20 nitrogen and oxygen atoms in total. The Hall–Kier alpha value is -6.46. The summed E-state index contributed by atoms with van der Waals surface area (Å²) in [5.74, 6) is -9.87. The maximum absolute atomic E-state index is 15.2. The fraction of sp³-hybridized carbons (Fsp3) is 0.580. The van der Waals surface area contributed by atoms with Crippen molar-refractivity contribution in [2.75, 3.05) is 26.1 Å². The number of hydrogen-bond donors (Lipinski definition) is 0. The smallest absolute Gasteiger partial charge is 0.415 e. The van der Waals surface area contributed by atoms with Gasteiger partial charge in [0.05, 0.1) is 62.7 Å². The van der Waals surface area contributed by atoms with Crippen LogP contribution in [0.15, 0.2) is 54.6 Å². The monoisotopic (exact) mass is 1030 g/mol. The second-order valence-electron chi connectivity index (χ2n) is 20.2. The molecule has 2 aliphatic heterocycles. The van der Waals surface area contributed by atoms with E-state index in [9.17, 15) is 53.1 Å². The molecule has 0 N–H and O–H groups in total. The van der Waals surface area contributed by atoms with E-state index < -0.39 is 156 Å². The highest BCUT2D eigenvalue weighted by atomic mass is 19.1. The van der Waals surface area contributed by atoms with Gasteiger partial charge < -0.3 is 33.3 Å². The van der Waals surface area contributed by atoms with Crippen LogP contribution in [0, 0.1) is 77.4 Å². The van der Waals surface area contributed by atoms with E-state index >= 15 is 4.79 Å². The molecule has 14 atom stereocenters. The standard InChI is InChI=1S/C50H62F3N5O15/c1-12-41-50(8)45(55(48(61)73-50)33-16-13-30(51)21-34(33)56(62)63)27(4)42(59)26(3)24-49(7,68-11)46(28(5)43(29(6)47(60)72-41)69-38-17-14-31(52)22-35(38)57(64)65)71-40-20-25(2)19-37(54(9)10)44(40)70-39-18-15-32(53)23-36(39)58(66)67/h13-18,21-23,25-29,37,40-41,43-46H,12,19-20,24H2,1-11H3/t25-,26-,27+,28+,29-,37+,40-,41-,43+,44-,45-,46-,49+,50-/m1/s1. The Kier molecular flexibility index (Phi) is 16.8. The molecule has 2 heterocycles. The van der Waals surface area contributed by atoms with E-state index in [1.54, 1.807) is 41.8 Å². The van der Waals surface area contributed by atoms with Crippen LogP contribution in [0.1, 0.15) is 81.1 Å². The third-order valence-electron chi connectivity index (χ3n) is 14.9. The number of anilines is 1. The molecule has 0 aromatic heterocycles. The number of Topliss-reactive ketones (excluding diaryl/α,β-unsaturated/α-hetero) is 1. The van der Waals surface area contributed by atoms with Gasteiger partial charge in [0.1, 0.15) is 47.2 Å². The van der Waals surface area contributed by atoms with Gasteiger partial charge in [0.2, 0.25) is 0 Å². The third-order valence-corrected chi connectivity index (χ3v) is 14.9. The van der Waals surface area contributed by atoms with Crippen molar-refractivity contribution in [1.29, 1.82) is 0 Å². The van der Waals surface area contributed by atoms with Gasteiger partial charge >= 0.3 is 23.4 Å². The van der Waals surface area contributed by atoms with Crippen molar-refractivity contribution in [3.8, 4) is 11.5 Å². The highest BCUT2D eigenvalue weighted by molar-refractivity contribution is 5.96. The summed E-state index contributed by atoms with van der Waals surface area (Å²) in [6.07, 6.45) is -6.78. The van der Waals surface area contributed by atoms with Gasteiger partial charge in [-0.2, -0.15) is 0 Å². The number of nitro groups is 3. The average molecular weight is 1030 g/mol. The number of fused-ring (bicyclic) bond motifs is 1. The number of cyclic esters (lactones) is 1. The molecule has 3 aromatic carbocycles. The summed E-state index contributed by atoms with van der Waals surface area (Å²) in [6, 6.07) is 6.13. The van der Waals surface area contributed by atoms with Crippen LogP contribution in [0.3, 0.4) is 0 Å². The second kappa shape index (κ2) is 21.9. The van der Waals surface area contributed by atoms with E-state index in [1.165, 1.54) is 27.9 Å². The number of carbonyl (C=O) groups excluding carboxylic acids is 3. The quantitative estimate of drug-likeness (QED) is 0.0880. The van der Waals surface area contributed by atoms with Crippen LogP contribution in [-0.4, -0.2) is 113 Å². The Labute approximate surface area is 419 Å². The SMILES string of the molecule is CC[C@H]1OC(=O)[C@H](C)[C@@H](Oc2ccc(F)cc2[N+](=O)[O-])[C@H](C)[C@@H](O[C@@H]2C[C@H](C)C[C@H](N(C)C)[C@H]2Oc2ccc(F)cc2[N+](=O)[O-])[C@@](C)(OC)C[C@@H](C)C(=O)[C@H](C)[C@H]2N(c3ccc(F)cc3[N+](=O)[O-])C(=O)O[C@]12C. The fourth-order valence-electron chi connectivity index (χ4n) is 11.2. The highest BCUT2D eigenvalue weighted by Gasteiger charge is 2.62. The van der Waals surface area contributed by atoms with Gasteiger partial charge in [-0.05, 0) is 103 Å². The second-order valence-corrected chi connectivity index (χ2v) is 20.2. The molecule has 3 aliphatic rings. The van der Waals surface area contributed by atoms with Crippen LogP contribution in [0.2, 0.25) is 0 Å². The van der Waals surface area contributed by atoms with Crippen LogP contribution in [0.5, 0.6) is 11.5 Å². The topological polar surface area (TPSA) is 242 Å². The molecule has 398 valence electrons.